The molecule has 0 saturated carbocycles. The van der Waals surface area contributed by atoms with E-state index >= 15 is 0 Å². The second kappa shape index (κ2) is 13.8. The summed E-state index contributed by atoms with van der Waals surface area (Å²) in [5, 5.41) is 0. The first kappa shape index (κ1) is 37.0. The first-order chi connectivity index (χ1) is 27.7. The van der Waals surface area contributed by atoms with Gasteiger partial charge in [0.05, 0.1) is 5.69 Å². The normalized spacial score (nSPS) is 14.8. The standard InChI is InChI=1S/C49H47N8O/c1-29-23-33(44-53-45(48(4,5)6)55-46(54-44)49(7,8)9)24-30(2)43(29)36-27-38(51-28-31(36)3)32-15-14-16-34(25-32)58-35-20-21-40-41(26-35)57(42-19-12-13-22-50-42)47-52-37-17-10-11-18-39(37)56(40)47/h10-28,39H,1-9H3/q+1. The third-order valence-corrected chi connectivity index (χ3v) is 10.7. The molecular weight excluding hydrogens is 717 g/mol. The fraction of sp³-hybridized carbons (Fsp3) is 0.245. The molecule has 0 amide bonds. The number of imidazole rings is 1. The van der Waals surface area contributed by atoms with E-state index in [4.69, 9.17) is 34.6 Å². The number of aliphatic imine (C=N–C) groups is 1. The van der Waals surface area contributed by atoms with Crippen molar-refractivity contribution in [1.82, 2.24) is 29.5 Å². The largest absolute Gasteiger partial charge is 0.457 e. The molecule has 4 aromatic heterocycles. The zero-order valence-corrected chi connectivity index (χ0v) is 34.5. The molecule has 7 aromatic rings. The zero-order valence-electron chi connectivity index (χ0n) is 34.5. The quantitative estimate of drug-likeness (QED) is 0.157. The van der Waals surface area contributed by atoms with Gasteiger partial charge in [-0.2, -0.15) is 4.57 Å². The van der Waals surface area contributed by atoms with Crippen LogP contribution in [-0.2, 0) is 10.8 Å². The third kappa shape index (κ3) is 6.60. The Morgan fingerprint density at radius 3 is 2.14 bits per heavy atom. The molecule has 0 saturated heterocycles. The van der Waals surface area contributed by atoms with E-state index in [1.54, 1.807) is 0 Å². The molecule has 1 atom stereocenters. The van der Waals surface area contributed by atoms with Gasteiger partial charge in [-0.1, -0.05) is 76.9 Å². The van der Waals surface area contributed by atoms with Gasteiger partial charge in [0.15, 0.2) is 28.9 Å². The second-order valence-corrected chi connectivity index (χ2v) is 17.4. The molecule has 9 rings (SSSR count). The molecule has 0 fully saturated rings. The zero-order chi connectivity index (χ0) is 40.5. The van der Waals surface area contributed by atoms with Gasteiger partial charge in [0.2, 0.25) is 0 Å². The number of benzene rings is 3. The molecule has 0 bridgehead atoms. The number of aromatic nitrogens is 7. The van der Waals surface area contributed by atoms with Crippen molar-refractivity contribution in [2.45, 2.75) is 79.2 Å². The van der Waals surface area contributed by atoms with Gasteiger partial charge in [0.25, 0.3) is 0 Å². The summed E-state index contributed by atoms with van der Waals surface area (Å²) in [5.41, 5.74) is 11.2. The van der Waals surface area contributed by atoms with Crippen LogP contribution in [0.2, 0.25) is 0 Å². The van der Waals surface area contributed by atoms with E-state index in [1.165, 1.54) is 5.56 Å². The minimum atomic E-state index is -0.210. The van der Waals surface area contributed by atoms with Crippen LogP contribution in [0, 0.1) is 20.8 Å². The Bertz CT molecular complexity index is 2810. The number of nitrogens with zero attached hydrogens (tertiary/aromatic N) is 8. The Balaban J connectivity index is 1.05. The highest BCUT2D eigenvalue weighted by Gasteiger charge is 2.39. The molecule has 1 unspecified atom stereocenters. The number of ether oxygens (including phenoxy) is 1. The minimum Gasteiger partial charge on any atom is -0.457 e. The van der Waals surface area contributed by atoms with Crippen LogP contribution in [-0.4, -0.2) is 35.2 Å². The summed E-state index contributed by atoms with van der Waals surface area (Å²) in [6, 6.07) is 26.9. The van der Waals surface area contributed by atoms with Gasteiger partial charge in [-0.25, -0.2) is 24.5 Å². The van der Waals surface area contributed by atoms with E-state index in [1.807, 2.05) is 54.9 Å². The molecule has 288 valence electrons. The van der Waals surface area contributed by atoms with Crippen molar-refractivity contribution < 1.29 is 9.30 Å². The van der Waals surface area contributed by atoms with Crippen molar-refractivity contribution in [3.63, 3.8) is 0 Å². The maximum absolute atomic E-state index is 6.59. The van der Waals surface area contributed by atoms with Gasteiger partial charge in [-0.3, -0.25) is 4.98 Å². The number of rotatable bonds is 6. The molecule has 9 heteroatoms. The van der Waals surface area contributed by atoms with Crippen molar-refractivity contribution in [1.29, 1.82) is 0 Å². The van der Waals surface area contributed by atoms with E-state index in [-0.39, 0.29) is 16.9 Å². The van der Waals surface area contributed by atoms with Gasteiger partial charge in [-0.05, 0) is 115 Å². The van der Waals surface area contributed by atoms with E-state index in [0.717, 1.165) is 85.0 Å². The van der Waals surface area contributed by atoms with Crippen LogP contribution in [0.25, 0.3) is 50.6 Å². The molecule has 0 N–H and O–H groups in total. The first-order valence-electron chi connectivity index (χ1n) is 19.8. The molecule has 5 heterocycles. The van der Waals surface area contributed by atoms with Crippen molar-refractivity contribution in [2.24, 2.45) is 4.99 Å². The average Bonchev–Trinajstić information content (AvgIpc) is 3.72. The summed E-state index contributed by atoms with van der Waals surface area (Å²) in [5.74, 6) is 5.37. The first-order valence-corrected chi connectivity index (χ1v) is 19.8. The van der Waals surface area contributed by atoms with Crippen LogP contribution < -0.4 is 9.30 Å². The third-order valence-electron chi connectivity index (χ3n) is 10.7. The summed E-state index contributed by atoms with van der Waals surface area (Å²) in [4.78, 5) is 29.5. The Hall–Kier alpha value is -6.61. The van der Waals surface area contributed by atoms with E-state index < -0.39 is 0 Å². The van der Waals surface area contributed by atoms with Crippen LogP contribution in [0.15, 0.2) is 121 Å². The Labute approximate surface area is 339 Å². The molecule has 3 aromatic carbocycles. The molecular formula is C49H47N8O+. The number of pyridine rings is 2. The van der Waals surface area contributed by atoms with Crippen molar-refractivity contribution in [3.05, 3.63) is 144 Å². The Morgan fingerprint density at radius 2 is 1.43 bits per heavy atom. The van der Waals surface area contributed by atoms with Crippen molar-refractivity contribution in [3.8, 4) is 51.1 Å². The summed E-state index contributed by atoms with van der Waals surface area (Å²) in [6.07, 6.45) is 12.1. The van der Waals surface area contributed by atoms with Gasteiger partial charge in [0, 0.05) is 40.4 Å². The lowest BCUT2D eigenvalue weighted by Crippen LogP contribution is -2.38. The SMILES string of the molecule is Cc1cnc(-c2cccc(Oc3ccc4c(c3)n(-c3ccccn3)c3[n+]4C4C=CC=CC4=N3)c2)cc1-c1c(C)cc(-c2nc(C(C)(C)C)nc(C(C)(C)C)n2)cc1C. The predicted octanol–water partition coefficient (Wildman–Crippen LogP) is 11.0. The number of allylic oxidation sites excluding steroid dienone is 4. The minimum absolute atomic E-state index is 0.0343. The van der Waals surface area contributed by atoms with Crippen molar-refractivity contribution >= 4 is 22.7 Å². The number of hydrogen-bond donors (Lipinski definition) is 0. The summed E-state index contributed by atoms with van der Waals surface area (Å²) < 4.78 is 11.0. The molecule has 1 aliphatic carbocycles. The predicted molar refractivity (Wildman–Crippen MR) is 231 cm³/mol. The molecule has 9 nitrogen and oxygen atoms in total. The monoisotopic (exact) mass is 763 g/mol. The lowest BCUT2D eigenvalue weighted by molar-refractivity contribution is -0.652. The Morgan fingerprint density at radius 1 is 0.690 bits per heavy atom. The Kier molecular flexibility index (Phi) is 8.80. The second-order valence-electron chi connectivity index (χ2n) is 17.4. The smallest absolute Gasteiger partial charge is 0.407 e. The number of aryl methyl sites for hydroxylation is 3. The van der Waals surface area contributed by atoms with Crippen LogP contribution in [0.1, 0.15) is 75.9 Å². The van der Waals surface area contributed by atoms with Crippen molar-refractivity contribution in [2.75, 3.05) is 0 Å². The highest BCUT2D eigenvalue weighted by Crippen LogP contribution is 2.38. The van der Waals surface area contributed by atoms with Gasteiger partial charge < -0.3 is 4.74 Å². The fourth-order valence-corrected chi connectivity index (χ4v) is 7.82. The maximum atomic E-state index is 6.59. The van der Waals surface area contributed by atoms with Gasteiger partial charge in [-0.15, -0.1) is 0 Å². The van der Waals surface area contributed by atoms with Crippen LogP contribution in [0.3, 0.4) is 0 Å². The summed E-state index contributed by atoms with van der Waals surface area (Å²) >= 11 is 0. The summed E-state index contributed by atoms with van der Waals surface area (Å²) in [6.45, 7) is 19.3. The highest BCUT2D eigenvalue weighted by molar-refractivity contribution is 6.02. The van der Waals surface area contributed by atoms with E-state index in [0.29, 0.717) is 11.6 Å². The van der Waals surface area contributed by atoms with Gasteiger partial charge in [0.1, 0.15) is 28.7 Å². The topological polar surface area (TPSA) is 94.8 Å². The molecule has 1 aliphatic heterocycles. The number of fused-ring (bicyclic) bond motifs is 5. The highest BCUT2D eigenvalue weighted by atomic mass is 16.5. The van der Waals surface area contributed by atoms with Crippen LogP contribution >= 0.6 is 0 Å². The number of hydrogen-bond acceptors (Lipinski definition) is 7. The molecule has 0 spiro atoms. The molecule has 2 aliphatic rings. The van der Waals surface area contributed by atoms with Gasteiger partial charge >= 0.3 is 5.95 Å². The average molecular weight is 764 g/mol. The van der Waals surface area contributed by atoms with Crippen LogP contribution in [0.5, 0.6) is 11.5 Å². The lowest BCUT2D eigenvalue weighted by Gasteiger charge is -2.23. The molecule has 58 heavy (non-hydrogen) atoms. The fourth-order valence-electron chi connectivity index (χ4n) is 7.82. The van der Waals surface area contributed by atoms with Crippen LogP contribution in [0.4, 0.5) is 5.95 Å². The maximum Gasteiger partial charge on any atom is 0.407 e. The summed E-state index contributed by atoms with van der Waals surface area (Å²) in [7, 11) is 0. The lowest BCUT2D eigenvalue weighted by atomic mass is 9.90. The van der Waals surface area contributed by atoms with E-state index in [2.05, 4.69) is 132 Å². The van der Waals surface area contributed by atoms with E-state index in [9.17, 15) is 0 Å². The molecule has 0 radical (unpaired) electrons.